The summed E-state index contributed by atoms with van der Waals surface area (Å²) in [5.41, 5.74) is 0.442. The molecule has 2 heterocycles. The zero-order valence-electron chi connectivity index (χ0n) is 13.3. The van der Waals surface area contributed by atoms with Crippen LogP contribution < -0.4 is 0 Å². The molecule has 2 aliphatic rings. The largest absolute Gasteiger partial charge is 0.459 e. The monoisotopic (exact) mass is 348 g/mol. The first-order valence-electron chi connectivity index (χ1n) is 7.74. The van der Waals surface area contributed by atoms with Crippen molar-refractivity contribution in [1.82, 2.24) is 4.90 Å². The van der Waals surface area contributed by atoms with Crippen LogP contribution in [-0.4, -0.2) is 50.8 Å². The number of hydrogen-bond donors (Lipinski definition) is 1. The highest BCUT2D eigenvalue weighted by Crippen LogP contribution is 2.40. The number of β-lactam (4-membered cyclic amide) rings is 1. The average Bonchev–Trinajstić information content (AvgIpc) is 2.85. The van der Waals surface area contributed by atoms with Gasteiger partial charge < -0.3 is 14.7 Å². The highest BCUT2D eigenvalue weighted by atomic mass is 16.6. The highest BCUT2D eigenvalue weighted by Gasteiger charge is 2.61. The first-order valence-corrected chi connectivity index (χ1v) is 7.74. The molecule has 1 aromatic rings. The molecule has 1 N–H and O–H groups in total. The molecule has 132 valence electrons. The van der Waals surface area contributed by atoms with Crippen LogP contribution in [-0.2, 0) is 25.7 Å². The molecule has 0 saturated carbocycles. The molecule has 25 heavy (non-hydrogen) atoms. The molecule has 2 saturated heterocycles. The van der Waals surface area contributed by atoms with Gasteiger partial charge in [-0.2, -0.15) is 0 Å². The van der Waals surface area contributed by atoms with Crippen LogP contribution in [0.25, 0.3) is 0 Å². The quantitative estimate of drug-likeness (QED) is 0.264. The van der Waals surface area contributed by atoms with E-state index in [1.165, 1.54) is 36.1 Å². The second-order valence-corrected chi connectivity index (χ2v) is 6.18. The smallest absolute Gasteiger partial charge is 0.337 e. The lowest BCUT2D eigenvalue weighted by Gasteiger charge is -2.45. The molecule has 4 atom stereocenters. The summed E-state index contributed by atoms with van der Waals surface area (Å²) in [7, 11) is 0. The number of ketones is 1. The maximum atomic E-state index is 12.2. The van der Waals surface area contributed by atoms with Gasteiger partial charge >= 0.3 is 5.97 Å². The summed E-state index contributed by atoms with van der Waals surface area (Å²) in [6.45, 7) is 1.32. The number of Topliss-reactive ketones (excluding diaryl/α,β-unsaturated/α-hetero) is 1. The van der Waals surface area contributed by atoms with E-state index in [0.717, 1.165) is 0 Å². The fourth-order valence-corrected chi connectivity index (χ4v) is 3.33. The zero-order valence-corrected chi connectivity index (χ0v) is 13.3. The van der Waals surface area contributed by atoms with E-state index < -0.39 is 46.7 Å². The predicted octanol–water partition coefficient (Wildman–Crippen LogP) is 0.187. The minimum absolute atomic E-state index is 0.0264. The van der Waals surface area contributed by atoms with E-state index in [2.05, 4.69) is 0 Å². The molecule has 1 unspecified atom stereocenters. The van der Waals surface area contributed by atoms with E-state index in [1.54, 1.807) is 0 Å². The number of rotatable bonds is 5. The summed E-state index contributed by atoms with van der Waals surface area (Å²) in [5.74, 6) is -2.32. The van der Waals surface area contributed by atoms with E-state index in [4.69, 9.17) is 4.74 Å². The van der Waals surface area contributed by atoms with Crippen molar-refractivity contribution in [2.24, 2.45) is 5.92 Å². The van der Waals surface area contributed by atoms with Gasteiger partial charge in [-0.1, -0.05) is 0 Å². The topological polar surface area (TPSA) is 127 Å². The van der Waals surface area contributed by atoms with Crippen molar-refractivity contribution >= 4 is 23.3 Å². The number of nitrogens with zero attached hydrogens (tertiary/aromatic N) is 2. The van der Waals surface area contributed by atoms with Crippen LogP contribution in [0, 0.1) is 16.0 Å². The first-order chi connectivity index (χ1) is 11.8. The number of esters is 1. The summed E-state index contributed by atoms with van der Waals surface area (Å²) in [6, 6.07) is 3.73. The van der Waals surface area contributed by atoms with Gasteiger partial charge in [-0.25, -0.2) is 4.79 Å². The number of hydrogen-bond acceptors (Lipinski definition) is 7. The second-order valence-electron chi connectivity index (χ2n) is 6.18. The summed E-state index contributed by atoms with van der Waals surface area (Å²) < 4.78 is 5.09. The molecule has 2 fully saturated rings. The Labute approximate surface area is 142 Å². The van der Waals surface area contributed by atoms with Gasteiger partial charge in [0.1, 0.15) is 6.61 Å². The average molecular weight is 348 g/mol. The van der Waals surface area contributed by atoms with Crippen LogP contribution in [0.1, 0.15) is 18.9 Å². The molecule has 9 heteroatoms. The molecule has 0 radical (unpaired) electrons. The van der Waals surface area contributed by atoms with Gasteiger partial charge in [0.2, 0.25) is 5.91 Å². The van der Waals surface area contributed by atoms with Gasteiger partial charge in [-0.3, -0.25) is 19.7 Å². The third kappa shape index (κ3) is 2.86. The van der Waals surface area contributed by atoms with Crippen LogP contribution in [0.2, 0.25) is 0 Å². The SMILES string of the molecule is C[C@@H](O)[C@@H]1C(=O)N2C(C(=O)OCc3ccc([N+](=O)[O-])cc3)C(=O)C[C@@H]12. The van der Waals surface area contributed by atoms with Crippen molar-refractivity contribution in [2.45, 2.75) is 38.1 Å². The summed E-state index contributed by atoms with van der Waals surface area (Å²) in [5, 5.41) is 20.2. The minimum atomic E-state index is -1.27. The molecule has 0 aliphatic carbocycles. The minimum Gasteiger partial charge on any atom is -0.459 e. The maximum Gasteiger partial charge on any atom is 0.337 e. The number of fused-ring (bicyclic) bond motifs is 1. The molecule has 1 amide bonds. The standard InChI is InChI=1S/C16H16N2O7/c1-8(19)13-11-6-12(20)14(17(11)15(13)21)16(22)25-7-9-2-4-10(5-3-9)18(23)24/h2-5,8,11,13-14,19H,6-7H2,1H3/t8-,11+,13+,14?/m1/s1. The number of ether oxygens (including phenoxy) is 1. The predicted molar refractivity (Wildman–Crippen MR) is 82.1 cm³/mol. The normalized spacial score (nSPS) is 26.0. The number of carbonyl (C=O) groups excluding carboxylic acids is 3. The Morgan fingerprint density at radius 1 is 1.40 bits per heavy atom. The van der Waals surface area contributed by atoms with Crippen molar-refractivity contribution in [3.63, 3.8) is 0 Å². The van der Waals surface area contributed by atoms with E-state index in [-0.39, 0.29) is 18.7 Å². The van der Waals surface area contributed by atoms with Crippen molar-refractivity contribution in [1.29, 1.82) is 0 Å². The van der Waals surface area contributed by atoms with Crippen molar-refractivity contribution in [3.8, 4) is 0 Å². The lowest BCUT2D eigenvalue weighted by atomic mass is 9.84. The van der Waals surface area contributed by atoms with Crippen LogP contribution in [0.5, 0.6) is 0 Å². The summed E-state index contributed by atoms with van der Waals surface area (Å²) >= 11 is 0. The molecule has 0 bridgehead atoms. The summed E-state index contributed by atoms with van der Waals surface area (Å²) in [6.07, 6.45) is -0.852. The molecule has 0 spiro atoms. The molecule has 0 aromatic heterocycles. The number of non-ortho nitro benzene ring substituents is 1. The number of amides is 1. The van der Waals surface area contributed by atoms with Crippen LogP contribution in [0.15, 0.2) is 24.3 Å². The second kappa shape index (κ2) is 6.25. The third-order valence-electron chi connectivity index (χ3n) is 4.58. The third-order valence-corrected chi connectivity index (χ3v) is 4.58. The van der Waals surface area contributed by atoms with Gasteiger partial charge in [-0.15, -0.1) is 0 Å². The highest BCUT2D eigenvalue weighted by molar-refractivity contribution is 6.11. The van der Waals surface area contributed by atoms with Gasteiger partial charge in [-0.05, 0) is 24.6 Å². The van der Waals surface area contributed by atoms with Crippen LogP contribution in [0.3, 0.4) is 0 Å². The van der Waals surface area contributed by atoms with Crippen LogP contribution in [0.4, 0.5) is 5.69 Å². The first kappa shape index (κ1) is 17.0. The van der Waals surface area contributed by atoms with Crippen molar-refractivity contribution in [2.75, 3.05) is 0 Å². The Hall–Kier alpha value is -2.81. The fourth-order valence-electron chi connectivity index (χ4n) is 3.33. The fraction of sp³-hybridized carbons (Fsp3) is 0.438. The lowest BCUT2D eigenvalue weighted by Crippen LogP contribution is -2.64. The Kier molecular flexibility index (Phi) is 4.25. The summed E-state index contributed by atoms with van der Waals surface area (Å²) in [4.78, 5) is 47.6. The van der Waals surface area contributed by atoms with E-state index in [0.29, 0.717) is 5.56 Å². The lowest BCUT2D eigenvalue weighted by molar-refractivity contribution is -0.384. The Bertz CT molecular complexity index is 743. The number of nitro benzene ring substituents is 1. The molecular formula is C16H16N2O7. The van der Waals surface area contributed by atoms with E-state index >= 15 is 0 Å². The van der Waals surface area contributed by atoms with E-state index in [9.17, 15) is 29.6 Å². The number of carbonyl (C=O) groups is 3. The van der Waals surface area contributed by atoms with Gasteiger partial charge in [0.25, 0.3) is 5.69 Å². The van der Waals surface area contributed by atoms with Crippen molar-refractivity contribution in [3.05, 3.63) is 39.9 Å². The van der Waals surface area contributed by atoms with E-state index in [1.807, 2.05) is 0 Å². The molecule has 3 rings (SSSR count). The van der Waals surface area contributed by atoms with Gasteiger partial charge in [0.05, 0.1) is 23.0 Å². The van der Waals surface area contributed by atoms with Crippen molar-refractivity contribution < 1.29 is 29.2 Å². The number of aliphatic hydroxyl groups excluding tert-OH is 1. The maximum absolute atomic E-state index is 12.2. The van der Waals surface area contributed by atoms with Crippen LogP contribution >= 0.6 is 0 Å². The van der Waals surface area contributed by atoms with Gasteiger partial charge in [0.15, 0.2) is 11.8 Å². The zero-order chi connectivity index (χ0) is 18.3. The molecule has 1 aromatic carbocycles. The Morgan fingerprint density at radius 3 is 2.60 bits per heavy atom. The Morgan fingerprint density at radius 2 is 2.04 bits per heavy atom. The number of nitro groups is 1. The Balaban J connectivity index is 1.63. The number of aliphatic hydroxyl groups is 1. The van der Waals surface area contributed by atoms with Gasteiger partial charge in [0, 0.05) is 18.6 Å². The molecule has 2 aliphatic heterocycles. The molecular weight excluding hydrogens is 332 g/mol. The number of benzene rings is 1. The molecule has 9 nitrogen and oxygen atoms in total.